The smallest absolute Gasteiger partial charge is 0.257 e. The standard InChI is InChI=1S/C25H28N6O3/c1-2-3-4-5-8-13-27-25(34)21-22-24(30-18-10-7-6-9-17(18)29-22)31(23(21)26)28-15-16-11-12-19(32)20(33)14-16/h6-7,9-12,14-15,32-33H,2-5,8,13,26H2,1H3,(H,27,34). The second-order valence-corrected chi connectivity index (χ2v) is 8.12. The molecule has 0 aliphatic heterocycles. The molecule has 9 nitrogen and oxygen atoms in total. The van der Waals surface area contributed by atoms with Gasteiger partial charge in [0.15, 0.2) is 17.1 Å². The molecule has 0 aliphatic rings. The van der Waals surface area contributed by atoms with Gasteiger partial charge in [-0.1, -0.05) is 44.7 Å². The first-order chi connectivity index (χ1) is 16.5. The SMILES string of the molecule is CCCCCCCNC(=O)c1c(N)n(N=Cc2ccc(O)c(O)c2)c2nc3ccccc3nc12. The molecular formula is C25H28N6O3. The zero-order valence-corrected chi connectivity index (χ0v) is 19.0. The number of carbonyl (C=O) groups excluding carboxylic acids is 1. The van der Waals surface area contributed by atoms with Gasteiger partial charge < -0.3 is 21.3 Å². The largest absolute Gasteiger partial charge is 0.504 e. The number of benzene rings is 2. The first-order valence-electron chi connectivity index (χ1n) is 11.4. The lowest BCUT2D eigenvalue weighted by atomic mass is 10.1. The van der Waals surface area contributed by atoms with Crippen molar-refractivity contribution in [3.05, 3.63) is 53.6 Å². The molecule has 2 heterocycles. The van der Waals surface area contributed by atoms with Crippen molar-refractivity contribution in [3.63, 3.8) is 0 Å². The molecule has 0 spiro atoms. The molecule has 0 bridgehead atoms. The number of phenolic OH excluding ortho intramolecular Hbond substituents is 2. The number of hydrogen-bond donors (Lipinski definition) is 4. The summed E-state index contributed by atoms with van der Waals surface area (Å²) in [6, 6.07) is 11.7. The Morgan fingerprint density at radius 1 is 1.06 bits per heavy atom. The monoisotopic (exact) mass is 460 g/mol. The van der Waals surface area contributed by atoms with Crippen LogP contribution in [0.1, 0.15) is 54.9 Å². The number of nitrogens with zero attached hydrogens (tertiary/aromatic N) is 4. The second-order valence-electron chi connectivity index (χ2n) is 8.12. The molecule has 1 amide bonds. The summed E-state index contributed by atoms with van der Waals surface area (Å²) >= 11 is 0. The van der Waals surface area contributed by atoms with Crippen LogP contribution in [-0.4, -0.2) is 43.5 Å². The number of carbonyl (C=O) groups is 1. The Balaban J connectivity index is 1.70. The van der Waals surface area contributed by atoms with Gasteiger partial charge >= 0.3 is 0 Å². The van der Waals surface area contributed by atoms with Crippen LogP contribution in [0.4, 0.5) is 5.82 Å². The lowest BCUT2D eigenvalue weighted by Gasteiger charge is -2.05. The van der Waals surface area contributed by atoms with E-state index in [1.165, 1.54) is 35.9 Å². The van der Waals surface area contributed by atoms with Crippen molar-refractivity contribution in [2.24, 2.45) is 5.10 Å². The van der Waals surface area contributed by atoms with Crippen LogP contribution < -0.4 is 11.1 Å². The average molecular weight is 461 g/mol. The van der Waals surface area contributed by atoms with Crippen LogP contribution in [0.2, 0.25) is 0 Å². The van der Waals surface area contributed by atoms with Gasteiger partial charge in [0.1, 0.15) is 16.9 Å². The maximum Gasteiger partial charge on any atom is 0.257 e. The number of para-hydroxylation sites is 2. The lowest BCUT2D eigenvalue weighted by molar-refractivity contribution is 0.0955. The predicted octanol–water partition coefficient (Wildman–Crippen LogP) is 4.16. The molecule has 4 aromatic rings. The third kappa shape index (κ3) is 4.78. The maximum absolute atomic E-state index is 13.1. The zero-order chi connectivity index (χ0) is 24.1. The van der Waals surface area contributed by atoms with Gasteiger partial charge in [0.05, 0.1) is 17.2 Å². The van der Waals surface area contributed by atoms with Gasteiger partial charge in [0, 0.05) is 6.54 Å². The number of amides is 1. The molecule has 0 unspecified atom stereocenters. The molecule has 2 aromatic heterocycles. The van der Waals surface area contributed by atoms with Crippen LogP contribution >= 0.6 is 0 Å². The first-order valence-corrected chi connectivity index (χ1v) is 11.4. The quantitative estimate of drug-likeness (QED) is 0.168. The van der Waals surface area contributed by atoms with Gasteiger partial charge in [-0.25, -0.2) is 9.97 Å². The Labute approximate surface area is 196 Å². The number of anilines is 1. The van der Waals surface area contributed by atoms with E-state index in [1.807, 2.05) is 24.3 Å². The summed E-state index contributed by atoms with van der Waals surface area (Å²) in [7, 11) is 0. The number of aromatic hydroxyl groups is 2. The topological polar surface area (TPSA) is 139 Å². The zero-order valence-electron chi connectivity index (χ0n) is 19.0. The van der Waals surface area contributed by atoms with Crippen molar-refractivity contribution in [3.8, 4) is 11.5 Å². The summed E-state index contributed by atoms with van der Waals surface area (Å²) in [5.74, 6) is -0.694. The Hall–Kier alpha value is -4.14. The van der Waals surface area contributed by atoms with Gasteiger partial charge in [-0.3, -0.25) is 4.79 Å². The van der Waals surface area contributed by atoms with E-state index in [2.05, 4.69) is 27.3 Å². The second kappa shape index (κ2) is 10.2. The summed E-state index contributed by atoms with van der Waals surface area (Å²) in [5.41, 5.74) is 9.16. The van der Waals surface area contributed by atoms with E-state index in [-0.39, 0.29) is 28.8 Å². The van der Waals surface area contributed by atoms with E-state index in [0.29, 0.717) is 34.3 Å². The normalized spacial score (nSPS) is 11.6. The van der Waals surface area contributed by atoms with Crippen LogP contribution in [0.3, 0.4) is 0 Å². The fraction of sp³-hybridized carbons (Fsp3) is 0.280. The van der Waals surface area contributed by atoms with Crippen molar-refractivity contribution in [2.75, 3.05) is 12.3 Å². The fourth-order valence-corrected chi connectivity index (χ4v) is 3.75. The molecule has 0 saturated carbocycles. The third-order valence-corrected chi connectivity index (χ3v) is 5.59. The molecule has 34 heavy (non-hydrogen) atoms. The maximum atomic E-state index is 13.1. The van der Waals surface area contributed by atoms with E-state index in [0.717, 1.165) is 19.3 Å². The minimum Gasteiger partial charge on any atom is -0.504 e. The van der Waals surface area contributed by atoms with Crippen molar-refractivity contribution >= 4 is 40.1 Å². The predicted molar refractivity (Wildman–Crippen MR) is 133 cm³/mol. The lowest BCUT2D eigenvalue weighted by Crippen LogP contribution is -2.25. The van der Waals surface area contributed by atoms with E-state index in [9.17, 15) is 15.0 Å². The van der Waals surface area contributed by atoms with Crippen LogP contribution in [-0.2, 0) is 0 Å². The summed E-state index contributed by atoms with van der Waals surface area (Å²) < 4.78 is 1.37. The molecular weight excluding hydrogens is 432 g/mol. The molecule has 0 aliphatic carbocycles. The van der Waals surface area contributed by atoms with E-state index >= 15 is 0 Å². The number of phenols is 2. The summed E-state index contributed by atoms with van der Waals surface area (Å²) in [4.78, 5) is 22.4. The highest BCUT2D eigenvalue weighted by molar-refractivity contribution is 6.10. The molecule has 5 N–H and O–H groups in total. The summed E-state index contributed by atoms with van der Waals surface area (Å²) in [6.45, 7) is 2.71. The van der Waals surface area contributed by atoms with Crippen molar-refractivity contribution < 1.29 is 15.0 Å². The summed E-state index contributed by atoms with van der Waals surface area (Å²) in [5, 5.41) is 26.6. The highest BCUT2D eigenvalue weighted by Gasteiger charge is 2.23. The minimum absolute atomic E-state index is 0.119. The Kier molecular flexibility index (Phi) is 6.91. The number of aromatic nitrogens is 3. The van der Waals surface area contributed by atoms with Crippen molar-refractivity contribution in [1.29, 1.82) is 0 Å². The molecule has 0 atom stereocenters. The molecule has 0 fully saturated rings. The van der Waals surface area contributed by atoms with Crippen LogP contribution in [0.25, 0.3) is 22.2 Å². The first kappa shape index (κ1) is 23.0. The number of nitrogen functional groups attached to an aromatic ring is 1. The summed E-state index contributed by atoms with van der Waals surface area (Å²) in [6.07, 6.45) is 6.90. The van der Waals surface area contributed by atoms with Crippen molar-refractivity contribution in [1.82, 2.24) is 20.0 Å². The molecule has 0 saturated heterocycles. The fourth-order valence-electron chi connectivity index (χ4n) is 3.75. The number of hydrogen-bond acceptors (Lipinski definition) is 7. The Morgan fingerprint density at radius 3 is 2.53 bits per heavy atom. The highest BCUT2D eigenvalue weighted by atomic mass is 16.3. The van der Waals surface area contributed by atoms with Gasteiger partial charge in [0.2, 0.25) is 0 Å². The Morgan fingerprint density at radius 2 is 1.79 bits per heavy atom. The third-order valence-electron chi connectivity index (χ3n) is 5.59. The molecule has 4 rings (SSSR count). The van der Waals surface area contributed by atoms with Crippen LogP contribution in [0.15, 0.2) is 47.6 Å². The van der Waals surface area contributed by atoms with Gasteiger partial charge in [-0.2, -0.15) is 9.78 Å². The number of rotatable bonds is 9. The van der Waals surface area contributed by atoms with Crippen molar-refractivity contribution in [2.45, 2.75) is 39.0 Å². The molecule has 9 heteroatoms. The highest BCUT2D eigenvalue weighted by Crippen LogP contribution is 2.28. The Bertz CT molecular complexity index is 1360. The number of unbranched alkanes of at least 4 members (excludes halogenated alkanes) is 4. The van der Waals surface area contributed by atoms with Crippen LogP contribution in [0, 0.1) is 0 Å². The van der Waals surface area contributed by atoms with Gasteiger partial charge in [-0.15, -0.1) is 0 Å². The molecule has 2 aromatic carbocycles. The van der Waals surface area contributed by atoms with Gasteiger partial charge in [0.25, 0.3) is 5.91 Å². The average Bonchev–Trinajstić information content (AvgIpc) is 3.10. The van der Waals surface area contributed by atoms with E-state index in [4.69, 9.17) is 5.73 Å². The van der Waals surface area contributed by atoms with Crippen LogP contribution in [0.5, 0.6) is 11.5 Å². The van der Waals surface area contributed by atoms with E-state index in [1.54, 1.807) is 6.07 Å². The minimum atomic E-state index is -0.321. The number of fused-ring (bicyclic) bond motifs is 2. The molecule has 176 valence electrons. The van der Waals surface area contributed by atoms with Gasteiger partial charge in [-0.05, 0) is 42.3 Å². The number of nitrogens with one attached hydrogen (secondary N) is 1. The molecule has 0 radical (unpaired) electrons. The number of nitrogens with two attached hydrogens (primary N) is 1. The van der Waals surface area contributed by atoms with E-state index < -0.39 is 0 Å².